The molecule has 2 aromatic carbocycles. The zero-order valence-corrected chi connectivity index (χ0v) is 11.4. The number of rotatable bonds is 4. The number of carbonyl (C=O) groups excluding carboxylic acids is 1. The minimum atomic E-state index is 0.105. The van der Waals surface area contributed by atoms with Gasteiger partial charge >= 0.3 is 0 Å². The Bertz CT molecular complexity index is 564. The SMILES string of the molecule is COc1ccccc1Pc1ccccc1C(C)=O. The van der Waals surface area contributed by atoms with Crippen molar-refractivity contribution in [2.75, 3.05) is 7.11 Å². The third-order valence-electron chi connectivity index (χ3n) is 2.68. The van der Waals surface area contributed by atoms with E-state index >= 15 is 0 Å². The lowest BCUT2D eigenvalue weighted by molar-refractivity contribution is 0.101. The van der Waals surface area contributed by atoms with Gasteiger partial charge in [0.1, 0.15) is 5.75 Å². The molecule has 0 aliphatic heterocycles. The number of benzene rings is 2. The van der Waals surface area contributed by atoms with Gasteiger partial charge in [-0.25, -0.2) is 0 Å². The molecule has 0 amide bonds. The van der Waals surface area contributed by atoms with Crippen molar-refractivity contribution in [2.24, 2.45) is 0 Å². The lowest BCUT2D eigenvalue weighted by atomic mass is 10.1. The molecule has 0 aliphatic carbocycles. The Morgan fingerprint density at radius 2 is 1.61 bits per heavy atom. The number of ketones is 1. The molecular weight excluding hydrogens is 243 g/mol. The van der Waals surface area contributed by atoms with Crippen molar-refractivity contribution in [1.82, 2.24) is 0 Å². The van der Waals surface area contributed by atoms with Gasteiger partial charge in [0.15, 0.2) is 5.78 Å². The van der Waals surface area contributed by atoms with E-state index in [1.165, 1.54) is 0 Å². The summed E-state index contributed by atoms with van der Waals surface area (Å²) in [6.07, 6.45) is 0. The lowest BCUT2D eigenvalue weighted by Crippen LogP contribution is -2.13. The predicted octanol–water partition coefficient (Wildman–Crippen LogP) is 2.53. The highest BCUT2D eigenvalue weighted by Crippen LogP contribution is 2.20. The number of hydrogen-bond donors (Lipinski definition) is 0. The monoisotopic (exact) mass is 258 g/mol. The Kier molecular flexibility index (Phi) is 4.11. The first-order valence-corrected chi connectivity index (χ1v) is 6.72. The number of Topliss-reactive ketones (excluding diaryl/α,β-unsaturated/α-hetero) is 1. The van der Waals surface area contributed by atoms with Crippen molar-refractivity contribution in [2.45, 2.75) is 6.92 Å². The van der Waals surface area contributed by atoms with Crippen LogP contribution in [0.3, 0.4) is 0 Å². The maximum Gasteiger partial charge on any atom is 0.160 e. The van der Waals surface area contributed by atoms with Crippen molar-refractivity contribution < 1.29 is 9.53 Å². The van der Waals surface area contributed by atoms with Crippen LogP contribution in [0.2, 0.25) is 0 Å². The third-order valence-corrected chi connectivity index (χ3v) is 4.07. The molecule has 0 saturated heterocycles. The second kappa shape index (κ2) is 5.79. The normalized spacial score (nSPS) is 10.8. The van der Waals surface area contributed by atoms with Gasteiger partial charge in [0.25, 0.3) is 0 Å². The minimum absolute atomic E-state index is 0.105. The second-order valence-electron chi connectivity index (χ2n) is 3.93. The number of methoxy groups -OCH3 is 1. The van der Waals surface area contributed by atoms with E-state index in [4.69, 9.17) is 4.74 Å². The highest BCUT2D eigenvalue weighted by atomic mass is 31.1. The molecule has 0 aromatic heterocycles. The topological polar surface area (TPSA) is 26.3 Å². The van der Waals surface area contributed by atoms with Crippen LogP contribution in [0.1, 0.15) is 17.3 Å². The van der Waals surface area contributed by atoms with Gasteiger partial charge < -0.3 is 4.74 Å². The van der Waals surface area contributed by atoms with Gasteiger partial charge in [-0.15, -0.1) is 0 Å². The Balaban J connectivity index is 2.37. The summed E-state index contributed by atoms with van der Waals surface area (Å²) in [7, 11) is 2.10. The van der Waals surface area contributed by atoms with Gasteiger partial charge in [-0.05, 0) is 18.3 Å². The van der Waals surface area contributed by atoms with E-state index in [9.17, 15) is 4.79 Å². The van der Waals surface area contributed by atoms with E-state index in [1.54, 1.807) is 14.0 Å². The summed E-state index contributed by atoms with van der Waals surface area (Å²) in [5.41, 5.74) is 0.793. The van der Waals surface area contributed by atoms with Crippen LogP contribution in [0.4, 0.5) is 0 Å². The fourth-order valence-corrected chi connectivity index (χ4v) is 3.14. The van der Waals surface area contributed by atoms with E-state index in [2.05, 4.69) is 0 Å². The molecule has 0 radical (unpaired) electrons. The zero-order valence-electron chi connectivity index (χ0n) is 10.4. The van der Waals surface area contributed by atoms with Crippen molar-refractivity contribution in [1.29, 1.82) is 0 Å². The first kappa shape index (κ1) is 12.8. The number of ether oxygens (including phenoxy) is 1. The van der Waals surface area contributed by atoms with Crippen LogP contribution in [0.5, 0.6) is 5.75 Å². The van der Waals surface area contributed by atoms with Gasteiger partial charge in [-0.3, -0.25) is 4.79 Å². The minimum Gasteiger partial charge on any atom is -0.496 e. The average Bonchev–Trinajstić information content (AvgIpc) is 2.40. The number of hydrogen-bond acceptors (Lipinski definition) is 2. The van der Waals surface area contributed by atoms with Crippen molar-refractivity contribution >= 4 is 25.0 Å². The van der Waals surface area contributed by atoms with Crippen LogP contribution in [0.25, 0.3) is 0 Å². The summed E-state index contributed by atoms with van der Waals surface area (Å²) >= 11 is 0. The number of para-hydroxylation sites is 1. The van der Waals surface area contributed by atoms with Crippen LogP contribution < -0.4 is 15.3 Å². The average molecular weight is 258 g/mol. The molecular formula is C15H15O2P. The molecule has 0 bridgehead atoms. The Labute approximate surface area is 109 Å². The molecule has 3 heteroatoms. The van der Waals surface area contributed by atoms with E-state index in [0.29, 0.717) is 8.58 Å². The Morgan fingerprint density at radius 1 is 1.00 bits per heavy atom. The summed E-state index contributed by atoms with van der Waals surface area (Å²) in [6.45, 7) is 1.60. The third kappa shape index (κ3) is 2.77. The lowest BCUT2D eigenvalue weighted by Gasteiger charge is -2.10. The summed E-state index contributed by atoms with van der Waals surface area (Å²) in [6, 6.07) is 15.6. The first-order valence-electron chi connectivity index (χ1n) is 5.72. The van der Waals surface area contributed by atoms with Crippen molar-refractivity contribution in [3.05, 3.63) is 54.1 Å². The van der Waals surface area contributed by atoms with E-state index in [-0.39, 0.29) is 5.78 Å². The maximum absolute atomic E-state index is 11.6. The molecule has 92 valence electrons. The Hall–Kier alpha value is -1.66. The maximum atomic E-state index is 11.6. The van der Waals surface area contributed by atoms with Gasteiger partial charge in [0.05, 0.1) is 7.11 Å². The summed E-state index contributed by atoms with van der Waals surface area (Å²) < 4.78 is 5.34. The molecule has 2 nitrogen and oxygen atoms in total. The second-order valence-corrected chi connectivity index (χ2v) is 5.25. The fraction of sp³-hybridized carbons (Fsp3) is 0.133. The van der Waals surface area contributed by atoms with Crippen LogP contribution in [-0.2, 0) is 0 Å². The molecule has 0 fully saturated rings. The smallest absolute Gasteiger partial charge is 0.160 e. The molecule has 0 heterocycles. The summed E-state index contributed by atoms with van der Waals surface area (Å²) in [4.78, 5) is 11.6. The molecule has 0 aliphatic rings. The van der Waals surface area contributed by atoms with Crippen molar-refractivity contribution in [3.8, 4) is 5.75 Å². The highest BCUT2D eigenvalue weighted by Gasteiger charge is 2.09. The quantitative estimate of drug-likeness (QED) is 0.622. The molecule has 2 rings (SSSR count). The zero-order chi connectivity index (χ0) is 13.0. The molecule has 1 atom stereocenters. The number of carbonyl (C=O) groups is 1. The standard InChI is InChI=1S/C15H15O2P/c1-11(16)12-7-3-5-9-14(12)18-15-10-6-4-8-13(15)17-2/h3-10,18H,1-2H3. The largest absolute Gasteiger partial charge is 0.496 e. The molecule has 0 spiro atoms. The van der Waals surface area contributed by atoms with E-state index in [0.717, 1.165) is 21.9 Å². The highest BCUT2D eigenvalue weighted by molar-refractivity contribution is 7.56. The summed E-state index contributed by atoms with van der Waals surface area (Å²) in [5.74, 6) is 0.974. The molecule has 0 N–H and O–H groups in total. The van der Waals surface area contributed by atoms with Crippen LogP contribution >= 0.6 is 8.58 Å². The fourth-order valence-electron chi connectivity index (χ4n) is 1.79. The predicted molar refractivity (Wildman–Crippen MR) is 77.0 cm³/mol. The summed E-state index contributed by atoms with van der Waals surface area (Å²) in [5, 5.41) is 2.18. The van der Waals surface area contributed by atoms with Crippen LogP contribution in [0, 0.1) is 0 Å². The van der Waals surface area contributed by atoms with Gasteiger partial charge in [0, 0.05) is 10.9 Å². The molecule has 18 heavy (non-hydrogen) atoms. The van der Waals surface area contributed by atoms with Crippen LogP contribution in [0.15, 0.2) is 48.5 Å². The first-order chi connectivity index (χ1) is 8.72. The molecule has 0 saturated carbocycles. The van der Waals surface area contributed by atoms with Gasteiger partial charge in [0.2, 0.25) is 0 Å². The van der Waals surface area contributed by atoms with Gasteiger partial charge in [-0.2, -0.15) is 0 Å². The Morgan fingerprint density at radius 3 is 2.28 bits per heavy atom. The van der Waals surface area contributed by atoms with Crippen molar-refractivity contribution in [3.63, 3.8) is 0 Å². The van der Waals surface area contributed by atoms with E-state index < -0.39 is 0 Å². The van der Waals surface area contributed by atoms with Gasteiger partial charge in [-0.1, -0.05) is 51.0 Å². The molecule has 2 aromatic rings. The van der Waals surface area contributed by atoms with E-state index in [1.807, 2.05) is 48.5 Å². The molecule has 1 unspecified atom stereocenters. The van der Waals surface area contributed by atoms with Crippen LogP contribution in [-0.4, -0.2) is 12.9 Å².